The van der Waals surface area contributed by atoms with Crippen LogP contribution in [0.5, 0.6) is 0 Å². The van der Waals surface area contributed by atoms with Gasteiger partial charge in [0.05, 0.1) is 26.7 Å². The number of quaternary nitrogens is 1. The van der Waals surface area contributed by atoms with Gasteiger partial charge in [-0.15, -0.1) is 0 Å². The van der Waals surface area contributed by atoms with Crippen LogP contribution >= 0.6 is 22.6 Å². The molecule has 2 aliphatic heterocycles. The standard InChI is InChI=1S/C19H27INO2/c1-4-11-23-19(22)18-16(13-5-7-14(20)8-6-13)12-15-9-10-17(18)21(15,2)3/h5-8,15-18H,4,9-12H2,1-3H3/q+1/t15-,16-,17?,18?/m1/s1. The first-order valence-electron chi connectivity index (χ1n) is 8.70. The summed E-state index contributed by atoms with van der Waals surface area (Å²) >= 11 is 2.34. The van der Waals surface area contributed by atoms with Crippen molar-refractivity contribution in [3.8, 4) is 0 Å². The van der Waals surface area contributed by atoms with E-state index in [9.17, 15) is 4.79 Å². The molecule has 2 unspecified atom stereocenters. The Bertz CT molecular complexity index is 569. The maximum atomic E-state index is 12.8. The molecule has 23 heavy (non-hydrogen) atoms. The van der Waals surface area contributed by atoms with Crippen LogP contribution in [0.1, 0.15) is 44.1 Å². The van der Waals surface area contributed by atoms with Gasteiger partial charge in [-0.1, -0.05) is 19.1 Å². The van der Waals surface area contributed by atoms with E-state index >= 15 is 0 Å². The van der Waals surface area contributed by atoms with Crippen molar-refractivity contribution >= 4 is 28.6 Å². The van der Waals surface area contributed by atoms with E-state index < -0.39 is 0 Å². The summed E-state index contributed by atoms with van der Waals surface area (Å²) in [6.07, 6.45) is 4.36. The Hall–Kier alpha value is -0.620. The summed E-state index contributed by atoms with van der Waals surface area (Å²) in [5.74, 6) is 0.322. The van der Waals surface area contributed by atoms with Gasteiger partial charge in [0.15, 0.2) is 0 Å². The van der Waals surface area contributed by atoms with Gasteiger partial charge in [-0.25, -0.2) is 0 Å². The minimum Gasteiger partial charge on any atom is -0.465 e. The highest BCUT2D eigenvalue weighted by Crippen LogP contribution is 2.49. The van der Waals surface area contributed by atoms with Gasteiger partial charge in [0.2, 0.25) is 0 Å². The first kappa shape index (κ1) is 17.2. The van der Waals surface area contributed by atoms with Crippen LogP contribution in [-0.2, 0) is 9.53 Å². The number of piperidine rings is 1. The van der Waals surface area contributed by atoms with Crippen LogP contribution in [-0.4, -0.2) is 43.2 Å². The maximum Gasteiger partial charge on any atom is 0.315 e. The molecule has 2 bridgehead atoms. The Kier molecular flexibility index (Phi) is 5.02. The molecule has 0 saturated carbocycles. The number of nitrogens with zero attached hydrogens (tertiary/aromatic N) is 1. The molecule has 3 rings (SSSR count). The first-order chi connectivity index (χ1) is 10.9. The second-order valence-corrected chi connectivity index (χ2v) is 8.76. The molecule has 2 saturated heterocycles. The summed E-state index contributed by atoms with van der Waals surface area (Å²) in [6.45, 7) is 2.59. The molecular formula is C19H27INO2+. The van der Waals surface area contributed by atoms with Crippen molar-refractivity contribution < 1.29 is 14.0 Å². The molecule has 1 aromatic rings. The summed E-state index contributed by atoms with van der Waals surface area (Å²) in [7, 11) is 4.60. The van der Waals surface area contributed by atoms with Crippen molar-refractivity contribution in [1.82, 2.24) is 0 Å². The van der Waals surface area contributed by atoms with E-state index in [1.807, 2.05) is 0 Å². The minimum absolute atomic E-state index is 0.00430. The van der Waals surface area contributed by atoms with E-state index in [4.69, 9.17) is 4.74 Å². The van der Waals surface area contributed by atoms with Gasteiger partial charge >= 0.3 is 5.97 Å². The molecule has 2 aliphatic rings. The molecule has 0 aliphatic carbocycles. The quantitative estimate of drug-likeness (QED) is 0.413. The van der Waals surface area contributed by atoms with Crippen LogP contribution in [0.4, 0.5) is 0 Å². The first-order valence-corrected chi connectivity index (χ1v) is 9.78. The number of halogens is 1. The molecule has 2 fully saturated rings. The smallest absolute Gasteiger partial charge is 0.315 e. The Morgan fingerprint density at radius 3 is 2.61 bits per heavy atom. The predicted molar refractivity (Wildman–Crippen MR) is 100 cm³/mol. The minimum atomic E-state index is -0.00430. The van der Waals surface area contributed by atoms with Crippen LogP contribution in [0, 0.1) is 9.49 Å². The molecule has 0 spiro atoms. The Morgan fingerprint density at radius 1 is 1.26 bits per heavy atom. The molecule has 0 amide bonds. The number of ether oxygens (including phenoxy) is 1. The largest absolute Gasteiger partial charge is 0.465 e. The molecule has 4 atom stereocenters. The van der Waals surface area contributed by atoms with E-state index in [0.717, 1.165) is 23.7 Å². The van der Waals surface area contributed by atoms with Gasteiger partial charge in [-0.3, -0.25) is 4.79 Å². The third kappa shape index (κ3) is 3.16. The average Bonchev–Trinajstić information content (AvgIpc) is 2.72. The maximum absolute atomic E-state index is 12.8. The van der Waals surface area contributed by atoms with Crippen LogP contribution in [0.25, 0.3) is 0 Å². The number of esters is 1. The lowest BCUT2D eigenvalue weighted by atomic mass is 9.75. The zero-order chi connectivity index (χ0) is 16.6. The summed E-state index contributed by atoms with van der Waals surface area (Å²) < 4.78 is 7.82. The molecule has 2 heterocycles. The summed E-state index contributed by atoms with van der Waals surface area (Å²) in [5.41, 5.74) is 1.31. The summed E-state index contributed by atoms with van der Waals surface area (Å²) in [6, 6.07) is 9.78. The van der Waals surface area contributed by atoms with Crippen molar-refractivity contribution in [2.45, 2.75) is 50.6 Å². The number of benzene rings is 1. The van der Waals surface area contributed by atoms with E-state index in [0.29, 0.717) is 24.6 Å². The highest BCUT2D eigenvalue weighted by atomic mass is 127. The second-order valence-electron chi connectivity index (χ2n) is 7.51. The van der Waals surface area contributed by atoms with Crippen LogP contribution in [0.2, 0.25) is 0 Å². The fourth-order valence-corrected chi connectivity index (χ4v) is 5.02. The lowest BCUT2D eigenvalue weighted by Crippen LogP contribution is -2.60. The highest BCUT2D eigenvalue weighted by Gasteiger charge is 2.57. The zero-order valence-electron chi connectivity index (χ0n) is 14.3. The van der Waals surface area contributed by atoms with Gasteiger partial charge in [0.25, 0.3) is 0 Å². The lowest BCUT2D eigenvalue weighted by molar-refractivity contribution is -0.933. The number of carbonyl (C=O) groups excluding carboxylic acids is 1. The van der Waals surface area contributed by atoms with Crippen LogP contribution < -0.4 is 0 Å². The van der Waals surface area contributed by atoms with Gasteiger partial charge < -0.3 is 9.22 Å². The van der Waals surface area contributed by atoms with E-state index in [2.05, 4.69) is 67.9 Å². The number of fused-ring (bicyclic) bond motifs is 2. The summed E-state index contributed by atoms with van der Waals surface area (Å²) in [4.78, 5) is 12.8. The van der Waals surface area contributed by atoms with Crippen LogP contribution in [0.15, 0.2) is 24.3 Å². The monoisotopic (exact) mass is 428 g/mol. The normalized spacial score (nSPS) is 31.8. The van der Waals surface area contributed by atoms with Gasteiger partial charge in [0, 0.05) is 28.8 Å². The molecule has 1 aromatic carbocycles. The summed E-state index contributed by atoms with van der Waals surface area (Å²) in [5, 5.41) is 0. The second kappa shape index (κ2) is 6.71. The van der Waals surface area contributed by atoms with Crippen molar-refractivity contribution in [2.24, 2.45) is 5.92 Å². The number of hydrogen-bond acceptors (Lipinski definition) is 2. The third-order valence-corrected chi connectivity index (χ3v) is 6.70. The lowest BCUT2D eigenvalue weighted by Gasteiger charge is -2.48. The Morgan fingerprint density at radius 2 is 1.96 bits per heavy atom. The van der Waals surface area contributed by atoms with E-state index in [1.165, 1.54) is 15.6 Å². The van der Waals surface area contributed by atoms with Crippen molar-refractivity contribution in [3.63, 3.8) is 0 Å². The van der Waals surface area contributed by atoms with Gasteiger partial charge in [-0.05, 0) is 46.7 Å². The van der Waals surface area contributed by atoms with Crippen molar-refractivity contribution in [1.29, 1.82) is 0 Å². The predicted octanol–water partition coefficient (Wildman–Crippen LogP) is 3.96. The number of carbonyl (C=O) groups is 1. The number of rotatable bonds is 4. The fourth-order valence-electron chi connectivity index (χ4n) is 4.66. The molecule has 0 N–H and O–H groups in total. The molecule has 0 aromatic heterocycles. The Labute approximate surface area is 153 Å². The molecule has 0 radical (unpaired) electrons. The SMILES string of the molecule is CCCOC(=O)C1C2CC[C@H](C[C@@H]1c1ccc(I)cc1)[N+]2(C)C. The topological polar surface area (TPSA) is 26.3 Å². The number of hydrogen-bond donors (Lipinski definition) is 0. The molecule has 4 heteroatoms. The molecule has 126 valence electrons. The fraction of sp³-hybridized carbons (Fsp3) is 0.632. The molecular weight excluding hydrogens is 401 g/mol. The zero-order valence-corrected chi connectivity index (χ0v) is 16.5. The van der Waals surface area contributed by atoms with Gasteiger partial charge in [0.1, 0.15) is 12.0 Å². The molecule has 3 nitrogen and oxygen atoms in total. The highest BCUT2D eigenvalue weighted by molar-refractivity contribution is 14.1. The Balaban J connectivity index is 1.93. The van der Waals surface area contributed by atoms with Crippen LogP contribution in [0.3, 0.4) is 0 Å². The third-order valence-electron chi connectivity index (χ3n) is 5.98. The van der Waals surface area contributed by atoms with E-state index in [-0.39, 0.29) is 11.9 Å². The van der Waals surface area contributed by atoms with E-state index in [1.54, 1.807) is 0 Å². The van der Waals surface area contributed by atoms with Crippen molar-refractivity contribution in [3.05, 3.63) is 33.4 Å². The average molecular weight is 428 g/mol. The van der Waals surface area contributed by atoms with Gasteiger partial charge in [-0.2, -0.15) is 0 Å². The van der Waals surface area contributed by atoms with Crippen molar-refractivity contribution in [2.75, 3.05) is 20.7 Å².